The second kappa shape index (κ2) is 14.9. The Hall–Kier alpha value is -9.25. The molecule has 15 rings (SSSR count). The van der Waals surface area contributed by atoms with Crippen molar-refractivity contribution in [3.8, 4) is 73.1 Å². The van der Waals surface area contributed by atoms with Gasteiger partial charge in [0, 0.05) is 33.7 Å². The molecule has 0 amide bonds. The summed E-state index contributed by atoms with van der Waals surface area (Å²) < 4.78 is 2.30. The van der Waals surface area contributed by atoms with Gasteiger partial charge in [-0.3, -0.25) is 9.55 Å². The molecule has 1 unspecified atom stereocenters. The second-order valence-corrected chi connectivity index (χ2v) is 18.6. The lowest BCUT2D eigenvalue weighted by atomic mass is 9.70. The SMILES string of the molecule is c1ccc(-c2cc(-c3ccccc3)nc(-n3c4ccccc4c4cc5c(cc43)C3(c4ccccc4-5)c4cc(-c5c6ccccc6c(-c6ccccc6)c6ccccc56)ccc4-c4ncccc43)n2)cc1. The molecule has 2 aliphatic carbocycles. The predicted molar refractivity (Wildman–Crippen MR) is 287 cm³/mol. The molecule has 324 valence electrons. The van der Waals surface area contributed by atoms with E-state index in [0.29, 0.717) is 5.95 Å². The minimum Gasteiger partial charge on any atom is -0.278 e. The maximum atomic E-state index is 5.43. The van der Waals surface area contributed by atoms with Crippen LogP contribution in [0.2, 0.25) is 0 Å². The number of aromatic nitrogens is 4. The second-order valence-electron chi connectivity index (χ2n) is 18.6. The van der Waals surface area contributed by atoms with E-state index < -0.39 is 5.41 Å². The molecule has 3 aromatic heterocycles. The largest absolute Gasteiger partial charge is 0.278 e. The zero-order valence-electron chi connectivity index (χ0n) is 37.9. The third kappa shape index (κ3) is 5.38. The molecule has 3 heterocycles. The van der Waals surface area contributed by atoms with E-state index in [0.717, 1.165) is 55.6 Å². The van der Waals surface area contributed by atoms with Gasteiger partial charge in [-0.15, -0.1) is 0 Å². The number of fused-ring (bicyclic) bond motifs is 15. The molecule has 1 spiro atoms. The number of para-hydroxylation sites is 1. The maximum absolute atomic E-state index is 5.43. The predicted octanol–water partition coefficient (Wildman–Crippen LogP) is 16.3. The number of benzene rings is 10. The summed E-state index contributed by atoms with van der Waals surface area (Å²) in [5.41, 5.74) is 19.7. The van der Waals surface area contributed by atoms with Gasteiger partial charge in [-0.25, -0.2) is 9.97 Å². The Morgan fingerprint density at radius 2 is 0.843 bits per heavy atom. The van der Waals surface area contributed by atoms with Gasteiger partial charge < -0.3 is 0 Å². The quantitative estimate of drug-likeness (QED) is 0.162. The van der Waals surface area contributed by atoms with Crippen LogP contribution < -0.4 is 0 Å². The Bertz CT molecular complexity index is 4170. The number of hydrogen-bond donors (Lipinski definition) is 0. The zero-order chi connectivity index (χ0) is 45.9. The van der Waals surface area contributed by atoms with Crippen LogP contribution in [0.3, 0.4) is 0 Å². The summed E-state index contributed by atoms with van der Waals surface area (Å²) in [6.45, 7) is 0. The third-order valence-corrected chi connectivity index (χ3v) is 15.1. The van der Waals surface area contributed by atoms with E-state index in [1.54, 1.807) is 0 Å². The highest BCUT2D eigenvalue weighted by Crippen LogP contribution is 2.64. The topological polar surface area (TPSA) is 43.6 Å². The van der Waals surface area contributed by atoms with Crippen LogP contribution in [0.5, 0.6) is 0 Å². The summed E-state index contributed by atoms with van der Waals surface area (Å²) in [5.74, 6) is 0.629. The van der Waals surface area contributed by atoms with Crippen LogP contribution in [0.25, 0.3) is 116 Å². The molecule has 4 nitrogen and oxygen atoms in total. The van der Waals surface area contributed by atoms with Gasteiger partial charge in [0.05, 0.1) is 33.5 Å². The van der Waals surface area contributed by atoms with Crippen LogP contribution in [0.1, 0.15) is 22.3 Å². The smallest absolute Gasteiger partial charge is 0.235 e. The first-order valence-corrected chi connectivity index (χ1v) is 24.0. The molecule has 0 bridgehead atoms. The van der Waals surface area contributed by atoms with Crippen molar-refractivity contribution >= 4 is 43.4 Å². The Morgan fingerprint density at radius 1 is 0.314 bits per heavy atom. The minimum absolute atomic E-state index is 0.629. The highest BCUT2D eigenvalue weighted by atomic mass is 15.2. The molecule has 4 heteroatoms. The van der Waals surface area contributed by atoms with Gasteiger partial charge in [-0.2, -0.15) is 0 Å². The summed E-state index contributed by atoms with van der Waals surface area (Å²) in [7, 11) is 0. The van der Waals surface area contributed by atoms with E-state index in [4.69, 9.17) is 15.0 Å². The fourth-order valence-corrected chi connectivity index (χ4v) is 12.2. The third-order valence-electron chi connectivity index (χ3n) is 15.1. The van der Waals surface area contributed by atoms with E-state index in [1.165, 1.54) is 77.2 Å². The van der Waals surface area contributed by atoms with Gasteiger partial charge in [-0.05, 0) is 114 Å². The Balaban J connectivity index is 1.03. The normalized spacial score (nSPS) is 14.3. The van der Waals surface area contributed by atoms with Gasteiger partial charge in [-0.1, -0.05) is 200 Å². The van der Waals surface area contributed by atoms with E-state index in [9.17, 15) is 0 Å². The van der Waals surface area contributed by atoms with Gasteiger partial charge in [0.15, 0.2) is 0 Å². The lowest BCUT2D eigenvalue weighted by Gasteiger charge is -2.30. The van der Waals surface area contributed by atoms with Crippen molar-refractivity contribution in [3.63, 3.8) is 0 Å². The van der Waals surface area contributed by atoms with Crippen molar-refractivity contribution in [3.05, 3.63) is 265 Å². The summed E-state index contributed by atoms with van der Waals surface area (Å²) in [6, 6.07) is 86.0. The van der Waals surface area contributed by atoms with E-state index >= 15 is 0 Å². The minimum atomic E-state index is -0.673. The monoisotopic (exact) mass is 888 g/mol. The maximum Gasteiger partial charge on any atom is 0.235 e. The molecule has 0 saturated carbocycles. The van der Waals surface area contributed by atoms with Crippen molar-refractivity contribution in [2.24, 2.45) is 0 Å². The molecule has 70 heavy (non-hydrogen) atoms. The molecule has 0 fully saturated rings. The standard InChI is InChI=1S/C66H40N4/c1-4-19-41(20-5-1)58-40-59(42-21-6-2-7-22-42)69-65(68-58)70-60-33-17-15-26-46(60)53-38-52-45-25-14-16-31-54(45)66(57(52)39-61(53)70)55-32-18-36-67-64(55)51-35-34-44(37-56(51)66)63-49-29-12-10-27-47(49)62(43-23-8-3-9-24-43)48-28-11-13-30-50(48)63/h1-40H. The summed E-state index contributed by atoms with van der Waals surface area (Å²) >= 11 is 0. The van der Waals surface area contributed by atoms with E-state index in [1.807, 2.05) is 6.20 Å². The van der Waals surface area contributed by atoms with E-state index in [2.05, 4.69) is 241 Å². The number of pyridine rings is 1. The van der Waals surface area contributed by atoms with Crippen molar-refractivity contribution in [1.82, 2.24) is 19.5 Å². The fraction of sp³-hybridized carbons (Fsp3) is 0.0152. The zero-order valence-corrected chi connectivity index (χ0v) is 37.9. The van der Waals surface area contributed by atoms with Gasteiger partial charge in [0.1, 0.15) is 0 Å². The van der Waals surface area contributed by atoms with Crippen LogP contribution in [-0.4, -0.2) is 19.5 Å². The van der Waals surface area contributed by atoms with Crippen molar-refractivity contribution < 1.29 is 0 Å². The van der Waals surface area contributed by atoms with Crippen molar-refractivity contribution in [2.45, 2.75) is 5.41 Å². The first kappa shape index (κ1) is 38.8. The average Bonchev–Trinajstić information content (AvgIpc) is 4.03. The van der Waals surface area contributed by atoms with Crippen LogP contribution in [0.4, 0.5) is 0 Å². The van der Waals surface area contributed by atoms with E-state index in [-0.39, 0.29) is 0 Å². The first-order chi connectivity index (χ1) is 34.7. The molecule has 0 N–H and O–H groups in total. The molecule has 1 atom stereocenters. The Morgan fingerprint density at radius 3 is 1.50 bits per heavy atom. The van der Waals surface area contributed by atoms with Crippen molar-refractivity contribution in [2.75, 3.05) is 0 Å². The lowest BCUT2D eigenvalue weighted by Crippen LogP contribution is -2.26. The summed E-state index contributed by atoms with van der Waals surface area (Å²) in [6.07, 6.45) is 1.95. The van der Waals surface area contributed by atoms with Crippen LogP contribution >= 0.6 is 0 Å². The van der Waals surface area contributed by atoms with Crippen LogP contribution in [0.15, 0.2) is 243 Å². The lowest BCUT2D eigenvalue weighted by molar-refractivity contribution is 0.792. The Labute approximate surface area is 404 Å². The molecule has 0 saturated heterocycles. The first-order valence-electron chi connectivity index (χ1n) is 24.0. The number of rotatable bonds is 5. The van der Waals surface area contributed by atoms with Crippen LogP contribution in [-0.2, 0) is 5.41 Å². The molecule has 13 aromatic rings. The number of nitrogens with zero attached hydrogens (tertiary/aromatic N) is 4. The van der Waals surface area contributed by atoms with Crippen molar-refractivity contribution in [1.29, 1.82) is 0 Å². The molecular weight excluding hydrogens is 849 g/mol. The molecular formula is C66H40N4. The molecule has 0 aliphatic heterocycles. The summed E-state index contributed by atoms with van der Waals surface area (Å²) in [4.78, 5) is 16.1. The Kier molecular flexibility index (Phi) is 8.25. The molecule has 10 aromatic carbocycles. The summed E-state index contributed by atoms with van der Waals surface area (Å²) in [5, 5.41) is 7.25. The van der Waals surface area contributed by atoms with Gasteiger partial charge in [0.2, 0.25) is 5.95 Å². The average molecular weight is 889 g/mol. The highest BCUT2D eigenvalue weighted by molar-refractivity contribution is 6.21. The van der Waals surface area contributed by atoms with Gasteiger partial charge >= 0.3 is 0 Å². The number of hydrogen-bond acceptors (Lipinski definition) is 3. The fourth-order valence-electron chi connectivity index (χ4n) is 12.2. The van der Waals surface area contributed by atoms with Gasteiger partial charge in [0.25, 0.3) is 0 Å². The highest BCUT2D eigenvalue weighted by Gasteiger charge is 2.52. The molecule has 0 radical (unpaired) electrons. The molecule has 2 aliphatic rings. The van der Waals surface area contributed by atoms with Crippen LogP contribution in [0, 0.1) is 0 Å².